The third kappa shape index (κ3) is 3.97. The van der Waals surface area contributed by atoms with Crippen molar-refractivity contribution in [3.8, 4) is 11.5 Å². The van der Waals surface area contributed by atoms with Crippen LogP contribution in [0.5, 0.6) is 11.5 Å². The third-order valence-electron chi connectivity index (χ3n) is 3.44. The highest BCUT2D eigenvalue weighted by atomic mass is 16.6. The molecular weight excluding hydrogens is 310 g/mol. The number of ether oxygens (including phenoxy) is 2. The van der Waals surface area contributed by atoms with Crippen molar-refractivity contribution >= 4 is 28.5 Å². The summed E-state index contributed by atoms with van der Waals surface area (Å²) in [5, 5.41) is 1.43. The first-order valence-corrected chi connectivity index (χ1v) is 7.70. The molecule has 0 saturated carbocycles. The largest absolute Gasteiger partial charge is 0.422 e. The Kier molecular flexibility index (Phi) is 5.65. The summed E-state index contributed by atoms with van der Waals surface area (Å²) in [4.78, 5) is 34.9. The summed E-state index contributed by atoms with van der Waals surface area (Å²) in [7, 11) is 0. The van der Waals surface area contributed by atoms with Crippen LogP contribution in [0.4, 0.5) is 0 Å². The van der Waals surface area contributed by atoms with Gasteiger partial charge in [0.2, 0.25) is 0 Å². The molecule has 2 rings (SSSR count). The number of nitrogens with two attached hydrogens (primary N) is 1. The lowest BCUT2D eigenvalue weighted by Crippen LogP contribution is -2.13. The second-order valence-corrected chi connectivity index (χ2v) is 5.14. The molecule has 0 aliphatic rings. The van der Waals surface area contributed by atoms with Gasteiger partial charge in [-0.05, 0) is 29.0 Å². The van der Waals surface area contributed by atoms with Crippen molar-refractivity contribution < 1.29 is 23.9 Å². The van der Waals surface area contributed by atoms with Crippen LogP contribution in [0.3, 0.4) is 0 Å². The molecule has 126 valence electrons. The Balaban J connectivity index is 2.53. The first-order valence-electron chi connectivity index (χ1n) is 7.70. The fourth-order valence-corrected chi connectivity index (χ4v) is 2.10. The van der Waals surface area contributed by atoms with Gasteiger partial charge in [0.05, 0.1) is 6.54 Å². The lowest BCUT2D eigenvalue weighted by molar-refractivity contribution is -0.136. The van der Waals surface area contributed by atoms with E-state index in [1.54, 1.807) is 44.2 Å². The van der Waals surface area contributed by atoms with Gasteiger partial charge in [0.15, 0.2) is 17.3 Å². The molecule has 0 aromatic heterocycles. The Hall–Kier alpha value is -2.73. The summed E-state index contributed by atoms with van der Waals surface area (Å²) >= 11 is 0. The molecule has 0 radical (unpaired) electrons. The number of rotatable bonds is 6. The molecule has 2 aromatic carbocycles. The molecule has 2 N–H and O–H groups in total. The molecule has 6 nitrogen and oxygen atoms in total. The van der Waals surface area contributed by atoms with E-state index < -0.39 is 11.9 Å². The van der Waals surface area contributed by atoms with E-state index in [1.165, 1.54) is 0 Å². The van der Waals surface area contributed by atoms with Crippen molar-refractivity contribution in [3.63, 3.8) is 0 Å². The van der Waals surface area contributed by atoms with Crippen LogP contribution in [-0.4, -0.2) is 24.3 Å². The van der Waals surface area contributed by atoms with Gasteiger partial charge < -0.3 is 15.2 Å². The monoisotopic (exact) mass is 329 g/mol. The van der Waals surface area contributed by atoms with Gasteiger partial charge in [-0.25, -0.2) is 0 Å². The van der Waals surface area contributed by atoms with Crippen molar-refractivity contribution in [3.05, 3.63) is 35.9 Å². The standard InChI is InChI=1S/C18H19NO5/c1-3-17(21)23-15-8-11-5-6-12(14(20)10-19)7-13(11)9-16(15)24-18(22)4-2/h5-9H,3-4,10,19H2,1-2H3. The van der Waals surface area contributed by atoms with Gasteiger partial charge in [0.1, 0.15) is 0 Å². The molecule has 0 unspecified atom stereocenters. The average molecular weight is 329 g/mol. The molecular formula is C18H19NO5. The van der Waals surface area contributed by atoms with E-state index in [9.17, 15) is 14.4 Å². The Morgan fingerprint density at radius 1 is 0.875 bits per heavy atom. The van der Waals surface area contributed by atoms with E-state index >= 15 is 0 Å². The SMILES string of the molecule is CCC(=O)Oc1cc2ccc(C(=O)CN)cc2cc1OC(=O)CC. The van der Waals surface area contributed by atoms with Crippen molar-refractivity contribution in [2.45, 2.75) is 26.7 Å². The van der Waals surface area contributed by atoms with E-state index in [-0.39, 0.29) is 36.7 Å². The second kappa shape index (κ2) is 7.70. The number of carbonyl (C=O) groups excluding carboxylic acids is 3. The predicted molar refractivity (Wildman–Crippen MR) is 89.2 cm³/mol. The van der Waals surface area contributed by atoms with Crippen LogP contribution in [0, 0.1) is 0 Å². The molecule has 0 saturated heterocycles. The molecule has 2 aromatic rings. The molecule has 0 spiro atoms. The van der Waals surface area contributed by atoms with E-state index in [4.69, 9.17) is 15.2 Å². The van der Waals surface area contributed by atoms with Crippen molar-refractivity contribution in [2.75, 3.05) is 6.54 Å². The Bertz CT molecular complexity index is 797. The molecule has 0 atom stereocenters. The zero-order chi connectivity index (χ0) is 17.7. The molecule has 0 heterocycles. The van der Waals surface area contributed by atoms with E-state index in [2.05, 4.69) is 0 Å². The number of hydrogen-bond donors (Lipinski definition) is 1. The Morgan fingerprint density at radius 2 is 1.42 bits per heavy atom. The summed E-state index contributed by atoms with van der Waals surface area (Å²) in [6.45, 7) is 3.25. The van der Waals surface area contributed by atoms with Crippen LogP contribution >= 0.6 is 0 Å². The highest BCUT2D eigenvalue weighted by Gasteiger charge is 2.15. The molecule has 0 fully saturated rings. The van der Waals surface area contributed by atoms with Crippen LogP contribution in [0.1, 0.15) is 37.0 Å². The molecule has 0 bridgehead atoms. The summed E-state index contributed by atoms with van der Waals surface area (Å²) in [5.74, 6) is -0.747. The first kappa shape index (κ1) is 17.6. The number of carbonyl (C=O) groups is 3. The van der Waals surface area contributed by atoms with Gasteiger partial charge in [-0.1, -0.05) is 26.0 Å². The highest BCUT2D eigenvalue weighted by molar-refractivity contribution is 6.01. The third-order valence-corrected chi connectivity index (χ3v) is 3.44. The van der Waals surface area contributed by atoms with Crippen molar-refractivity contribution in [2.24, 2.45) is 5.73 Å². The minimum absolute atomic E-state index is 0.0879. The lowest BCUT2D eigenvalue weighted by Gasteiger charge is -2.12. The number of Topliss-reactive ketones (excluding diaryl/α,β-unsaturated/α-hetero) is 1. The van der Waals surface area contributed by atoms with Crippen molar-refractivity contribution in [1.82, 2.24) is 0 Å². The van der Waals surface area contributed by atoms with Crippen LogP contribution in [0.2, 0.25) is 0 Å². The Labute approximate surface area is 139 Å². The van der Waals surface area contributed by atoms with E-state index in [1.807, 2.05) is 0 Å². The van der Waals surface area contributed by atoms with Crippen LogP contribution < -0.4 is 15.2 Å². The number of benzene rings is 2. The van der Waals surface area contributed by atoms with Crippen LogP contribution in [-0.2, 0) is 9.59 Å². The van der Waals surface area contributed by atoms with Crippen LogP contribution in [0.25, 0.3) is 10.8 Å². The van der Waals surface area contributed by atoms with E-state index in [0.29, 0.717) is 10.9 Å². The lowest BCUT2D eigenvalue weighted by atomic mass is 10.0. The second-order valence-electron chi connectivity index (χ2n) is 5.14. The fraction of sp³-hybridized carbons (Fsp3) is 0.278. The summed E-state index contributed by atoms with van der Waals surface area (Å²) < 4.78 is 10.5. The fourth-order valence-electron chi connectivity index (χ4n) is 2.10. The molecule has 6 heteroatoms. The normalized spacial score (nSPS) is 10.5. The van der Waals surface area contributed by atoms with Crippen molar-refractivity contribution in [1.29, 1.82) is 0 Å². The number of fused-ring (bicyclic) bond motifs is 1. The molecule has 0 aliphatic carbocycles. The number of ketones is 1. The van der Waals surface area contributed by atoms with Gasteiger partial charge >= 0.3 is 11.9 Å². The Morgan fingerprint density at radius 3 is 1.92 bits per heavy atom. The average Bonchev–Trinajstić information content (AvgIpc) is 2.60. The summed E-state index contributed by atoms with van der Waals surface area (Å²) in [6.07, 6.45) is 0.383. The maximum absolute atomic E-state index is 11.7. The van der Waals surface area contributed by atoms with Gasteiger partial charge in [-0.15, -0.1) is 0 Å². The maximum Gasteiger partial charge on any atom is 0.311 e. The molecule has 24 heavy (non-hydrogen) atoms. The van der Waals surface area contributed by atoms with Gasteiger partial charge in [-0.3, -0.25) is 14.4 Å². The summed E-state index contributed by atoms with van der Waals surface area (Å²) in [5.41, 5.74) is 5.85. The quantitative estimate of drug-likeness (QED) is 0.497. The minimum Gasteiger partial charge on any atom is -0.422 e. The first-order chi connectivity index (χ1) is 11.5. The topological polar surface area (TPSA) is 95.7 Å². The smallest absolute Gasteiger partial charge is 0.311 e. The van der Waals surface area contributed by atoms with E-state index in [0.717, 1.165) is 5.39 Å². The summed E-state index contributed by atoms with van der Waals surface area (Å²) in [6, 6.07) is 8.24. The predicted octanol–water partition coefficient (Wildman–Crippen LogP) is 2.61. The number of esters is 2. The van der Waals surface area contributed by atoms with Gasteiger partial charge in [-0.2, -0.15) is 0 Å². The highest BCUT2D eigenvalue weighted by Crippen LogP contribution is 2.33. The van der Waals surface area contributed by atoms with Crippen LogP contribution in [0.15, 0.2) is 30.3 Å². The van der Waals surface area contributed by atoms with Gasteiger partial charge in [0, 0.05) is 18.4 Å². The zero-order valence-electron chi connectivity index (χ0n) is 13.6. The minimum atomic E-state index is -0.447. The molecule has 0 amide bonds. The maximum atomic E-state index is 11.7. The number of hydrogen-bond acceptors (Lipinski definition) is 6. The zero-order valence-corrected chi connectivity index (χ0v) is 13.6. The van der Waals surface area contributed by atoms with Gasteiger partial charge in [0.25, 0.3) is 0 Å². The molecule has 0 aliphatic heterocycles.